The summed E-state index contributed by atoms with van der Waals surface area (Å²) in [5.41, 5.74) is 3.12. The standard InChI is InChI=1S/C27H29F2N7O3/c1-35-14-16(13-30-35)17-6-5-7-18(23(17)38-2)31-19-12-20(33-27(37)15-9-10-15)32-25-22(19)34-26(24(28)29)36(25)21-8-3-4-11-39-21/h5-7,12-15,21,24H,3-4,8-11H2,1-2H3,(H2,31,32,33,37). The average molecular weight is 538 g/mol. The summed E-state index contributed by atoms with van der Waals surface area (Å²) in [6.45, 7) is 0.467. The molecule has 10 nitrogen and oxygen atoms in total. The van der Waals surface area contributed by atoms with Gasteiger partial charge in [0, 0.05) is 43.0 Å². The first kappa shape index (κ1) is 25.2. The lowest BCUT2D eigenvalue weighted by atomic mass is 10.1. The van der Waals surface area contributed by atoms with E-state index in [2.05, 4.69) is 25.7 Å². The zero-order valence-corrected chi connectivity index (χ0v) is 21.7. The van der Waals surface area contributed by atoms with Crippen LogP contribution in [-0.4, -0.2) is 43.9 Å². The second-order valence-electron chi connectivity index (χ2n) is 9.87. The average Bonchev–Trinajstić information content (AvgIpc) is 3.59. The molecule has 1 aromatic carbocycles. The SMILES string of the molecule is COc1c(Nc2cc(NC(=O)C3CC3)nc3c2nc(C(F)F)n3C2CCCCO2)cccc1-c1cnn(C)c1. The smallest absolute Gasteiger partial charge is 0.295 e. The zero-order valence-electron chi connectivity index (χ0n) is 21.7. The Morgan fingerprint density at radius 3 is 2.69 bits per heavy atom. The Hall–Kier alpha value is -4.06. The first-order valence-corrected chi connectivity index (χ1v) is 13.0. The Balaban J connectivity index is 1.49. The van der Waals surface area contributed by atoms with Crippen molar-refractivity contribution in [3.8, 4) is 16.9 Å². The summed E-state index contributed by atoms with van der Waals surface area (Å²) in [7, 11) is 3.39. The number of alkyl halides is 2. The number of rotatable bonds is 8. The minimum Gasteiger partial charge on any atom is -0.494 e. The molecule has 1 aliphatic carbocycles. The van der Waals surface area contributed by atoms with Gasteiger partial charge in [0.25, 0.3) is 6.43 Å². The van der Waals surface area contributed by atoms with Gasteiger partial charge in [-0.05, 0) is 38.2 Å². The Kier molecular flexibility index (Phi) is 6.63. The number of carbonyl (C=O) groups excluding carboxylic acids is 1. The largest absolute Gasteiger partial charge is 0.494 e. The highest BCUT2D eigenvalue weighted by Crippen LogP contribution is 2.41. The van der Waals surface area contributed by atoms with Gasteiger partial charge in [0.15, 0.2) is 11.5 Å². The number of fused-ring (bicyclic) bond motifs is 1. The van der Waals surface area contributed by atoms with Crippen LogP contribution in [0.1, 0.15) is 50.6 Å². The van der Waals surface area contributed by atoms with Crippen molar-refractivity contribution >= 4 is 34.3 Å². The van der Waals surface area contributed by atoms with Crippen molar-refractivity contribution in [2.75, 3.05) is 24.4 Å². The van der Waals surface area contributed by atoms with Crippen LogP contribution in [0.15, 0.2) is 36.7 Å². The molecule has 1 aliphatic heterocycles. The van der Waals surface area contributed by atoms with E-state index in [0.717, 1.165) is 36.8 Å². The van der Waals surface area contributed by atoms with Crippen LogP contribution in [0.5, 0.6) is 5.75 Å². The van der Waals surface area contributed by atoms with Crippen molar-refractivity contribution in [1.29, 1.82) is 0 Å². The molecule has 39 heavy (non-hydrogen) atoms. The Bertz CT molecular complexity index is 1520. The van der Waals surface area contributed by atoms with Crippen molar-refractivity contribution in [2.45, 2.75) is 44.8 Å². The quantitative estimate of drug-likeness (QED) is 0.303. The molecule has 2 N–H and O–H groups in total. The summed E-state index contributed by atoms with van der Waals surface area (Å²) in [6, 6.07) is 7.21. The second-order valence-corrected chi connectivity index (χ2v) is 9.87. The monoisotopic (exact) mass is 537 g/mol. The minimum absolute atomic E-state index is 0.0571. The maximum Gasteiger partial charge on any atom is 0.295 e. The Morgan fingerprint density at radius 1 is 1.18 bits per heavy atom. The second kappa shape index (κ2) is 10.3. The van der Waals surface area contributed by atoms with Gasteiger partial charge in [-0.1, -0.05) is 12.1 Å². The van der Waals surface area contributed by atoms with Crippen LogP contribution in [-0.2, 0) is 16.6 Å². The maximum atomic E-state index is 14.3. The molecule has 4 heterocycles. The van der Waals surface area contributed by atoms with Gasteiger partial charge in [0.2, 0.25) is 5.91 Å². The number of methoxy groups -OCH3 is 1. The van der Waals surface area contributed by atoms with E-state index in [1.807, 2.05) is 31.4 Å². The third-order valence-electron chi connectivity index (χ3n) is 7.02. The van der Waals surface area contributed by atoms with E-state index in [1.165, 1.54) is 4.57 Å². The summed E-state index contributed by atoms with van der Waals surface area (Å²) in [5.74, 6) is 0.177. The molecule has 6 rings (SSSR count). The Morgan fingerprint density at radius 2 is 2.03 bits per heavy atom. The van der Waals surface area contributed by atoms with Gasteiger partial charge in [0.1, 0.15) is 23.3 Å². The number of aryl methyl sites for hydroxylation is 1. The summed E-state index contributed by atoms with van der Waals surface area (Å²) in [4.78, 5) is 21.5. The summed E-state index contributed by atoms with van der Waals surface area (Å²) in [5, 5.41) is 10.4. The van der Waals surface area contributed by atoms with Gasteiger partial charge in [0.05, 0.1) is 24.7 Å². The number of aromatic nitrogens is 5. The number of anilines is 3. The summed E-state index contributed by atoms with van der Waals surface area (Å²) < 4.78 is 43.3. The molecular formula is C27H29F2N7O3. The van der Waals surface area contributed by atoms with E-state index in [9.17, 15) is 13.6 Å². The van der Waals surface area contributed by atoms with Crippen molar-refractivity contribution in [2.24, 2.45) is 13.0 Å². The van der Waals surface area contributed by atoms with E-state index < -0.39 is 18.5 Å². The van der Waals surface area contributed by atoms with Crippen molar-refractivity contribution in [1.82, 2.24) is 24.3 Å². The molecule has 0 radical (unpaired) electrons. The predicted octanol–water partition coefficient (Wildman–Crippen LogP) is 5.57. The minimum atomic E-state index is -2.84. The number of imidazole rings is 1. The molecule has 2 fully saturated rings. The highest BCUT2D eigenvalue weighted by atomic mass is 19.3. The van der Waals surface area contributed by atoms with Crippen molar-refractivity contribution in [3.63, 3.8) is 0 Å². The van der Waals surface area contributed by atoms with E-state index in [4.69, 9.17) is 9.47 Å². The fourth-order valence-electron chi connectivity index (χ4n) is 4.97. The number of benzene rings is 1. The zero-order chi connectivity index (χ0) is 27.1. The predicted molar refractivity (Wildman–Crippen MR) is 141 cm³/mol. The maximum absolute atomic E-state index is 14.3. The van der Waals surface area contributed by atoms with Crippen molar-refractivity contribution in [3.05, 3.63) is 42.5 Å². The van der Waals surface area contributed by atoms with Gasteiger partial charge in [-0.2, -0.15) is 5.10 Å². The molecule has 204 valence electrons. The molecule has 1 amide bonds. The van der Waals surface area contributed by atoms with E-state index in [1.54, 1.807) is 24.1 Å². The number of para-hydroxylation sites is 1. The van der Waals surface area contributed by atoms with Crippen LogP contribution >= 0.6 is 0 Å². The highest BCUT2D eigenvalue weighted by Gasteiger charge is 2.32. The lowest BCUT2D eigenvalue weighted by Gasteiger charge is -2.25. The molecule has 4 aromatic rings. The fraction of sp³-hybridized carbons (Fsp3) is 0.407. The number of amides is 1. The number of nitrogens with one attached hydrogen (secondary N) is 2. The number of nitrogens with zero attached hydrogens (tertiary/aromatic N) is 5. The molecule has 0 spiro atoms. The van der Waals surface area contributed by atoms with E-state index >= 15 is 0 Å². The molecule has 2 aliphatic rings. The van der Waals surface area contributed by atoms with Crippen LogP contribution in [0.25, 0.3) is 22.3 Å². The molecule has 1 atom stereocenters. The number of halogens is 2. The Labute approximate surface area is 223 Å². The van der Waals surface area contributed by atoms with Crippen LogP contribution in [0.3, 0.4) is 0 Å². The molecular weight excluding hydrogens is 508 g/mol. The number of hydrogen-bond acceptors (Lipinski definition) is 7. The molecule has 0 bridgehead atoms. The van der Waals surface area contributed by atoms with Gasteiger partial charge >= 0.3 is 0 Å². The summed E-state index contributed by atoms with van der Waals surface area (Å²) in [6.07, 6.45) is 4.06. The van der Waals surface area contributed by atoms with Crippen molar-refractivity contribution < 1.29 is 23.0 Å². The highest BCUT2D eigenvalue weighted by molar-refractivity contribution is 5.97. The first-order valence-electron chi connectivity index (χ1n) is 13.0. The lowest BCUT2D eigenvalue weighted by molar-refractivity contribution is -0.117. The van der Waals surface area contributed by atoms with E-state index in [0.29, 0.717) is 30.2 Å². The number of ether oxygens (including phenoxy) is 2. The van der Waals surface area contributed by atoms with Crippen LogP contribution in [0.2, 0.25) is 0 Å². The van der Waals surface area contributed by atoms with Crippen LogP contribution in [0.4, 0.5) is 26.0 Å². The number of carbonyl (C=O) groups is 1. The molecule has 1 unspecified atom stereocenters. The molecule has 12 heteroatoms. The third kappa shape index (κ3) is 4.91. The molecule has 3 aromatic heterocycles. The fourth-order valence-corrected chi connectivity index (χ4v) is 4.97. The third-order valence-corrected chi connectivity index (χ3v) is 7.02. The van der Waals surface area contributed by atoms with Gasteiger partial charge in [-0.3, -0.25) is 14.0 Å². The van der Waals surface area contributed by atoms with Crippen LogP contribution in [0, 0.1) is 5.92 Å². The van der Waals surface area contributed by atoms with Gasteiger partial charge in [-0.15, -0.1) is 0 Å². The lowest BCUT2D eigenvalue weighted by Crippen LogP contribution is -2.21. The van der Waals surface area contributed by atoms with E-state index in [-0.39, 0.29) is 28.8 Å². The summed E-state index contributed by atoms with van der Waals surface area (Å²) >= 11 is 0. The van der Waals surface area contributed by atoms with Gasteiger partial charge < -0.3 is 20.1 Å². The number of pyridine rings is 1. The normalized spacial score (nSPS) is 17.5. The van der Waals surface area contributed by atoms with Crippen LogP contribution < -0.4 is 15.4 Å². The first-order chi connectivity index (χ1) is 18.9. The van der Waals surface area contributed by atoms with Gasteiger partial charge in [-0.25, -0.2) is 18.7 Å². The topological polar surface area (TPSA) is 108 Å². The number of hydrogen-bond donors (Lipinski definition) is 2. The molecule has 1 saturated carbocycles. The molecule has 1 saturated heterocycles.